The lowest BCUT2D eigenvalue weighted by atomic mass is 10.2. The lowest BCUT2D eigenvalue weighted by Gasteiger charge is -2.07. The molecule has 1 amide bonds. The molecule has 2 heterocycles. The average molecular weight is 330 g/mol. The Hall–Kier alpha value is -2.54. The quantitative estimate of drug-likeness (QED) is 0.753. The van der Waals surface area contributed by atoms with Gasteiger partial charge in [0.05, 0.1) is 0 Å². The molecular formula is C16H15FN4OS. The van der Waals surface area contributed by atoms with Gasteiger partial charge in [-0.25, -0.2) is 14.1 Å². The van der Waals surface area contributed by atoms with E-state index < -0.39 is 5.82 Å². The molecule has 0 unspecified atom stereocenters. The van der Waals surface area contributed by atoms with Crippen LogP contribution in [0.3, 0.4) is 0 Å². The highest BCUT2D eigenvalue weighted by Crippen LogP contribution is 2.18. The Kier molecular flexibility index (Phi) is 4.77. The summed E-state index contributed by atoms with van der Waals surface area (Å²) in [5, 5.41) is 8.62. The number of carbonyl (C=O) groups excluding carboxylic acids is 1. The van der Waals surface area contributed by atoms with Gasteiger partial charge in [-0.2, -0.15) is 5.10 Å². The van der Waals surface area contributed by atoms with Gasteiger partial charge in [-0.3, -0.25) is 4.79 Å². The van der Waals surface area contributed by atoms with Crippen LogP contribution in [0.5, 0.6) is 0 Å². The van der Waals surface area contributed by atoms with E-state index in [4.69, 9.17) is 0 Å². The fourth-order valence-corrected chi connectivity index (χ4v) is 2.96. The molecule has 0 saturated carbocycles. The second-order valence-corrected chi connectivity index (χ2v) is 6.02. The van der Waals surface area contributed by atoms with Crippen molar-refractivity contribution in [3.05, 3.63) is 59.1 Å². The summed E-state index contributed by atoms with van der Waals surface area (Å²) < 4.78 is 15.4. The number of halogens is 1. The highest BCUT2D eigenvalue weighted by atomic mass is 32.1. The fraction of sp³-hybridized carbons (Fsp3) is 0.188. The number of carbonyl (C=O) groups is 1. The minimum Gasteiger partial charge on any atom is -0.326 e. The third-order valence-corrected chi connectivity index (χ3v) is 4.24. The van der Waals surface area contributed by atoms with E-state index in [9.17, 15) is 9.18 Å². The number of aryl methyl sites for hydroxylation is 1. The van der Waals surface area contributed by atoms with Crippen molar-refractivity contribution < 1.29 is 9.18 Å². The van der Waals surface area contributed by atoms with Crippen LogP contribution < -0.4 is 5.32 Å². The molecule has 0 atom stereocenters. The molecule has 0 radical (unpaired) electrons. The van der Waals surface area contributed by atoms with Gasteiger partial charge < -0.3 is 5.32 Å². The van der Waals surface area contributed by atoms with Crippen molar-refractivity contribution in [1.29, 1.82) is 0 Å². The van der Waals surface area contributed by atoms with Gasteiger partial charge >= 0.3 is 0 Å². The van der Waals surface area contributed by atoms with Crippen LogP contribution in [0.4, 0.5) is 10.1 Å². The molecule has 5 nitrogen and oxygen atoms in total. The summed E-state index contributed by atoms with van der Waals surface area (Å²) in [4.78, 5) is 17.0. The van der Waals surface area contributed by atoms with Gasteiger partial charge in [-0.05, 0) is 42.5 Å². The summed E-state index contributed by atoms with van der Waals surface area (Å²) in [6, 6.07) is 8.55. The van der Waals surface area contributed by atoms with Crippen molar-refractivity contribution in [3.63, 3.8) is 0 Å². The van der Waals surface area contributed by atoms with Crippen molar-refractivity contribution in [2.24, 2.45) is 0 Å². The van der Waals surface area contributed by atoms with E-state index in [0.29, 0.717) is 12.1 Å². The van der Waals surface area contributed by atoms with E-state index in [1.807, 2.05) is 11.4 Å². The van der Waals surface area contributed by atoms with Crippen LogP contribution in [-0.2, 0) is 11.2 Å². The first-order valence-corrected chi connectivity index (χ1v) is 8.07. The van der Waals surface area contributed by atoms with Crippen molar-refractivity contribution >= 4 is 22.9 Å². The predicted octanol–water partition coefficient (Wildman–Crippen LogP) is 3.43. The van der Waals surface area contributed by atoms with Crippen LogP contribution in [0, 0.1) is 5.82 Å². The van der Waals surface area contributed by atoms with Crippen molar-refractivity contribution in [3.8, 4) is 5.69 Å². The van der Waals surface area contributed by atoms with Crippen molar-refractivity contribution in [1.82, 2.24) is 14.8 Å². The molecule has 0 bridgehead atoms. The lowest BCUT2D eigenvalue weighted by molar-refractivity contribution is -0.116. The van der Waals surface area contributed by atoms with E-state index in [2.05, 4.69) is 21.5 Å². The number of anilines is 1. The topological polar surface area (TPSA) is 59.8 Å². The Labute approximate surface area is 136 Å². The standard InChI is InChI=1S/C16H15FN4OS/c17-14-9-12(6-7-15(14)21-11-18-10-19-21)20-16(22)5-1-3-13-4-2-8-23-13/h2,4,6-11H,1,3,5H2,(H,20,22). The van der Waals surface area contributed by atoms with Gasteiger partial charge in [0.1, 0.15) is 18.3 Å². The van der Waals surface area contributed by atoms with E-state index in [1.54, 1.807) is 23.5 Å². The second kappa shape index (κ2) is 7.15. The number of nitrogens with one attached hydrogen (secondary N) is 1. The summed E-state index contributed by atoms with van der Waals surface area (Å²) in [7, 11) is 0. The van der Waals surface area contributed by atoms with E-state index in [0.717, 1.165) is 12.8 Å². The number of amides is 1. The van der Waals surface area contributed by atoms with E-state index in [-0.39, 0.29) is 11.6 Å². The SMILES string of the molecule is O=C(CCCc1cccs1)Nc1ccc(-n2cncn2)c(F)c1. The van der Waals surface area contributed by atoms with Crippen molar-refractivity contribution in [2.75, 3.05) is 5.32 Å². The largest absolute Gasteiger partial charge is 0.326 e. The number of aromatic nitrogens is 3. The molecule has 1 N–H and O–H groups in total. The summed E-state index contributed by atoms with van der Waals surface area (Å²) in [5.74, 6) is -0.582. The van der Waals surface area contributed by atoms with Gasteiger partial charge in [0.15, 0.2) is 5.82 Å². The fourth-order valence-electron chi connectivity index (χ4n) is 2.20. The Morgan fingerprint density at radius 3 is 2.96 bits per heavy atom. The van der Waals surface area contributed by atoms with Gasteiger partial charge in [0, 0.05) is 17.0 Å². The molecular weight excluding hydrogens is 315 g/mol. The Bertz CT molecular complexity index is 771. The number of hydrogen-bond donors (Lipinski definition) is 1. The molecule has 23 heavy (non-hydrogen) atoms. The van der Waals surface area contributed by atoms with Crippen LogP contribution in [-0.4, -0.2) is 20.7 Å². The number of rotatable bonds is 6. The van der Waals surface area contributed by atoms with Crippen LogP contribution >= 0.6 is 11.3 Å². The van der Waals surface area contributed by atoms with Gasteiger partial charge in [0.25, 0.3) is 0 Å². The molecule has 0 saturated heterocycles. The van der Waals surface area contributed by atoms with Gasteiger partial charge in [0.2, 0.25) is 5.91 Å². The monoisotopic (exact) mass is 330 g/mol. The van der Waals surface area contributed by atoms with Gasteiger partial charge in [-0.15, -0.1) is 11.3 Å². The maximum atomic E-state index is 14.1. The molecule has 0 aliphatic rings. The summed E-state index contributed by atoms with van der Waals surface area (Å²) in [6.45, 7) is 0. The third-order valence-electron chi connectivity index (χ3n) is 3.30. The molecule has 0 aliphatic heterocycles. The van der Waals surface area contributed by atoms with Crippen LogP contribution in [0.2, 0.25) is 0 Å². The van der Waals surface area contributed by atoms with E-state index >= 15 is 0 Å². The van der Waals surface area contributed by atoms with Crippen LogP contribution in [0.1, 0.15) is 17.7 Å². The minimum atomic E-state index is -0.466. The summed E-state index contributed by atoms with van der Waals surface area (Å²) in [6.07, 6.45) is 4.81. The zero-order valence-corrected chi connectivity index (χ0v) is 13.1. The first-order chi connectivity index (χ1) is 11.2. The average Bonchev–Trinajstić information content (AvgIpc) is 3.20. The molecule has 118 valence electrons. The van der Waals surface area contributed by atoms with Crippen LogP contribution in [0.25, 0.3) is 5.69 Å². The molecule has 3 rings (SSSR count). The van der Waals surface area contributed by atoms with Crippen LogP contribution in [0.15, 0.2) is 48.4 Å². The molecule has 3 aromatic rings. The summed E-state index contributed by atoms with van der Waals surface area (Å²) in [5.41, 5.74) is 0.727. The minimum absolute atomic E-state index is 0.116. The maximum Gasteiger partial charge on any atom is 0.224 e. The molecule has 1 aromatic carbocycles. The first-order valence-electron chi connectivity index (χ1n) is 7.19. The third kappa shape index (κ3) is 4.01. The second-order valence-electron chi connectivity index (χ2n) is 4.99. The molecule has 0 spiro atoms. The Morgan fingerprint density at radius 2 is 2.26 bits per heavy atom. The first kappa shape index (κ1) is 15.4. The zero-order chi connectivity index (χ0) is 16.1. The molecule has 0 fully saturated rings. The van der Waals surface area contributed by atoms with Crippen molar-refractivity contribution in [2.45, 2.75) is 19.3 Å². The molecule has 2 aromatic heterocycles. The smallest absolute Gasteiger partial charge is 0.224 e. The molecule has 7 heteroatoms. The zero-order valence-electron chi connectivity index (χ0n) is 12.3. The van der Waals surface area contributed by atoms with E-state index in [1.165, 1.54) is 28.3 Å². The number of benzene rings is 1. The lowest BCUT2D eigenvalue weighted by Crippen LogP contribution is -2.12. The van der Waals surface area contributed by atoms with Gasteiger partial charge in [-0.1, -0.05) is 6.07 Å². The number of thiophene rings is 1. The number of hydrogen-bond acceptors (Lipinski definition) is 4. The number of nitrogens with zero attached hydrogens (tertiary/aromatic N) is 3. The maximum absolute atomic E-state index is 14.1. The highest BCUT2D eigenvalue weighted by Gasteiger charge is 2.08. The Balaban J connectivity index is 1.55. The summed E-state index contributed by atoms with van der Waals surface area (Å²) >= 11 is 1.69. The Morgan fingerprint density at radius 1 is 1.35 bits per heavy atom. The predicted molar refractivity (Wildman–Crippen MR) is 87.2 cm³/mol. The molecule has 0 aliphatic carbocycles. The highest BCUT2D eigenvalue weighted by molar-refractivity contribution is 7.09. The normalized spacial score (nSPS) is 10.7.